The van der Waals surface area contributed by atoms with Crippen LogP contribution in [0.4, 0.5) is 5.82 Å². The van der Waals surface area contributed by atoms with Crippen LogP contribution >= 0.6 is 24.8 Å². The van der Waals surface area contributed by atoms with E-state index in [1.165, 1.54) is 12.8 Å². The summed E-state index contributed by atoms with van der Waals surface area (Å²) >= 11 is 0. The van der Waals surface area contributed by atoms with Crippen LogP contribution in [0.5, 0.6) is 0 Å². The number of rotatable bonds is 3. The van der Waals surface area contributed by atoms with Gasteiger partial charge < -0.3 is 15.5 Å². The fraction of sp³-hybridized carbons (Fsp3) is 0.667. The number of amides is 1. The van der Waals surface area contributed by atoms with Gasteiger partial charge in [0.2, 0.25) is 0 Å². The van der Waals surface area contributed by atoms with Crippen molar-refractivity contribution in [1.82, 2.24) is 15.6 Å². The number of hydrogen-bond acceptors (Lipinski definition) is 4. The summed E-state index contributed by atoms with van der Waals surface area (Å²) in [5, 5.41) is 6.51. The quantitative estimate of drug-likeness (QED) is 0.835. The molecule has 142 valence electrons. The first-order valence-corrected chi connectivity index (χ1v) is 8.86. The van der Waals surface area contributed by atoms with Gasteiger partial charge in [-0.3, -0.25) is 4.79 Å². The van der Waals surface area contributed by atoms with Crippen molar-refractivity contribution < 1.29 is 4.79 Å². The minimum atomic E-state index is -0.00457. The molecule has 2 fully saturated rings. The highest BCUT2D eigenvalue weighted by Gasteiger charge is 2.23. The first kappa shape index (κ1) is 22.0. The zero-order valence-corrected chi connectivity index (χ0v) is 16.7. The van der Waals surface area contributed by atoms with Crippen molar-refractivity contribution in [2.24, 2.45) is 11.8 Å². The lowest BCUT2D eigenvalue weighted by Gasteiger charge is -2.31. The summed E-state index contributed by atoms with van der Waals surface area (Å²) in [6.45, 7) is 8.55. The van der Waals surface area contributed by atoms with Crippen molar-refractivity contribution in [3.8, 4) is 0 Å². The summed E-state index contributed by atoms with van der Waals surface area (Å²) in [5.74, 6) is 2.26. The minimum Gasteiger partial charge on any atom is -0.357 e. The summed E-state index contributed by atoms with van der Waals surface area (Å²) in [5.41, 5.74) is 0.657. The molecule has 2 atom stereocenters. The van der Waals surface area contributed by atoms with E-state index in [-0.39, 0.29) is 36.8 Å². The molecule has 2 N–H and O–H groups in total. The van der Waals surface area contributed by atoms with Gasteiger partial charge in [0, 0.05) is 25.3 Å². The van der Waals surface area contributed by atoms with Crippen molar-refractivity contribution in [2.45, 2.75) is 39.2 Å². The third kappa shape index (κ3) is 5.73. The fourth-order valence-corrected chi connectivity index (χ4v) is 3.43. The molecule has 1 amide bonds. The topological polar surface area (TPSA) is 57.3 Å². The molecule has 2 aliphatic rings. The van der Waals surface area contributed by atoms with Gasteiger partial charge in [0.25, 0.3) is 5.91 Å². The Balaban J connectivity index is 0.00000156. The maximum absolute atomic E-state index is 12.4. The highest BCUT2D eigenvalue weighted by atomic mass is 35.5. The van der Waals surface area contributed by atoms with E-state index in [0.717, 1.165) is 44.3 Å². The zero-order valence-electron chi connectivity index (χ0n) is 15.0. The minimum absolute atomic E-state index is 0. The molecule has 1 aromatic heterocycles. The Bertz CT molecular complexity index is 532. The molecule has 25 heavy (non-hydrogen) atoms. The fourth-order valence-electron chi connectivity index (χ4n) is 3.43. The van der Waals surface area contributed by atoms with E-state index in [0.29, 0.717) is 11.5 Å². The van der Waals surface area contributed by atoms with Gasteiger partial charge in [0.1, 0.15) is 5.82 Å². The van der Waals surface area contributed by atoms with Crippen LogP contribution < -0.4 is 15.5 Å². The molecule has 2 aliphatic heterocycles. The molecule has 0 aromatic carbocycles. The van der Waals surface area contributed by atoms with Gasteiger partial charge in [-0.05, 0) is 56.3 Å². The van der Waals surface area contributed by atoms with Gasteiger partial charge in [0.05, 0.1) is 5.56 Å². The summed E-state index contributed by atoms with van der Waals surface area (Å²) in [6.07, 6.45) is 5.15. The normalized spacial score (nSPS) is 24.0. The molecule has 2 saturated heterocycles. The lowest BCUT2D eigenvalue weighted by Crippen LogP contribution is -2.48. The molecule has 3 heterocycles. The Morgan fingerprint density at radius 2 is 1.92 bits per heavy atom. The second kappa shape index (κ2) is 10.2. The number of piperidine rings is 2. The van der Waals surface area contributed by atoms with E-state index in [1.54, 1.807) is 6.20 Å². The second-order valence-electron chi connectivity index (χ2n) is 7.12. The van der Waals surface area contributed by atoms with E-state index in [4.69, 9.17) is 0 Å². The number of carbonyl (C=O) groups excluding carboxylic acids is 1. The Hall–Kier alpha value is -1.04. The highest BCUT2D eigenvalue weighted by Crippen LogP contribution is 2.21. The molecule has 0 saturated carbocycles. The molecule has 5 nitrogen and oxygen atoms in total. The van der Waals surface area contributed by atoms with Crippen LogP contribution in [0.25, 0.3) is 0 Å². The molecule has 0 radical (unpaired) electrons. The molecule has 0 aliphatic carbocycles. The van der Waals surface area contributed by atoms with Gasteiger partial charge >= 0.3 is 0 Å². The molecule has 1 aromatic rings. The van der Waals surface area contributed by atoms with Crippen molar-refractivity contribution in [3.63, 3.8) is 0 Å². The standard InChI is InChI=1S/C18H28N4O.2ClH/c1-13-6-9-22(10-7-13)17-4-3-15(12-20-17)18(23)21-16-5-8-19-11-14(16)2;;/h3-4,12-14,16,19H,5-11H2,1-2H3,(H,21,23);2*1H. The number of anilines is 1. The van der Waals surface area contributed by atoms with Crippen molar-refractivity contribution in [1.29, 1.82) is 0 Å². The van der Waals surface area contributed by atoms with Gasteiger partial charge in [0.15, 0.2) is 0 Å². The summed E-state index contributed by atoms with van der Waals surface area (Å²) in [7, 11) is 0. The van der Waals surface area contributed by atoms with Crippen LogP contribution in [0, 0.1) is 11.8 Å². The lowest BCUT2D eigenvalue weighted by molar-refractivity contribution is 0.0914. The van der Waals surface area contributed by atoms with E-state index in [9.17, 15) is 4.79 Å². The number of carbonyl (C=O) groups is 1. The monoisotopic (exact) mass is 388 g/mol. The van der Waals surface area contributed by atoms with Gasteiger partial charge in [-0.2, -0.15) is 0 Å². The van der Waals surface area contributed by atoms with E-state index >= 15 is 0 Å². The molecule has 0 bridgehead atoms. The van der Waals surface area contributed by atoms with Crippen LogP contribution in [0.15, 0.2) is 18.3 Å². The van der Waals surface area contributed by atoms with Crippen LogP contribution in [0.2, 0.25) is 0 Å². The molecule has 0 spiro atoms. The maximum atomic E-state index is 12.4. The molecule has 2 unspecified atom stereocenters. The average Bonchev–Trinajstić information content (AvgIpc) is 2.58. The maximum Gasteiger partial charge on any atom is 0.253 e. The predicted octanol–water partition coefficient (Wildman–Crippen LogP) is 2.89. The summed E-state index contributed by atoms with van der Waals surface area (Å²) < 4.78 is 0. The van der Waals surface area contributed by atoms with E-state index in [2.05, 4.69) is 34.4 Å². The first-order valence-electron chi connectivity index (χ1n) is 8.86. The van der Waals surface area contributed by atoms with Crippen LogP contribution in [0.1, 0.15) is 43.5 Å². The van der Waals surface area contributed by atoms with Crippen molar-refractivity contribution in [3.05, 3.63) is 23.9 Å². The number of aromatic nitrogens is 1. The Labute approximate surface area is 163 Å². The Morgan fingerprint density at radius 3 is 2.52 bits per heavy atom. The molecular formula is C18H30Cl2N4O. The Morgan fingerprint density at radius 1 is 1.20 bits per heavy atom. The van der Waals surface area contributed by atoms with Crippen LogP contribution in [0.3, 0.4) is 0 Å². The smallest absolute Gasteiger partial charge is 0.253 e. The highest BCUT2D eigenvalue weighted by molar-refractivity contribution is 5.94. The first-order chi connectivity index (χ1) is 11.1. The van der Waals surface area contributed by atoms with Gasteiger partial charge in [-0.1, -0.05) is 13.8 Å². The van der Waals surface area contributed by atoms with Crippen molar-refractivity contribution >= 4 is 36.5 Å². The largest absolute Gasteiger partial charge is 0.357 e. The predicted molar refractivity (Wildman–Crippen MR) is 107 cm³/mol. The third-order valence-corrected chi connectivity index (χ3v) is 5.22. The van der Waals surface area contributed by atoms with Crippen LogP contribution in [-0.4, -0.2) is 43.1 Å². The number of nitrogens with zero attached hydrogens (tertiary/aromatic N) is 2. The van der Waals surface area contributed by atoms with Crippen LogP contribution in [-0.2, 0) is 0 Å². The average molecular weight is 389 g/mol. The molecule has 7 heteroatoms. The van der Waals surface area contributed by atoms with Crippen molar-refractivity contribution in [2.75, 3.05) is 31.1 Å². The summed E-state index contributed by atoms with van der Waals surface area (Å²) in [4.78, 5) is 19.2. The molecule has 3 rings (SSSR count). The molecular weight excluding hydrogens is 359 g/mol. The lowest BCUT2D eigenvalue weighted by atomic mass is 9.95. The number of nitrogens with one attached hydrogen (secondary N) is 2. The second-order valence-corrected chi connectivity index (χ2v) is 7.12. The SMILES string of the molecule is CC1CCN(c2ccc(C(=O)NC3CCNCC3C)cn2)CC1.Cl.Cl. The zero-order chi connectivity index (χ0) is 16.2. The van der Waals surface area contributed by atoms with Gasteiger partial charge in [-0.15, -0.1) is 24.8 Å². The Kier molecular flexibility index (Phi) is 8.97. The number of hydrogen-bond donors (Lipinski definition) is 2. The van der Waals surface area contributed by atoms with E-state index in [1.807, 2.05) is 12.1 Å². The third-order valence-electron chi connectivity index (χ3n) is 5.22. The van der Waals surface area contributed by atoms with E-state index < -0.39 is 0 Å². The number of halogens is 2. The number of pyridine rings is 1. The summed E-state index contributed by atoms with van der Waals surface area (Å²) in [6, 6.07) is 4.14. The van der Waals surface area contributed by atoms with Gasteiger partial charge in [-0.25, -0.2) is 4.98 Å².